The predicted octanol–water partition coefficient (Wildman–Crippen LogP) is 6.03. The van der Waals surface area contributed by atoms with Crippen LogP contribution in [0.3, 0.4) is 0 Å². The van der Waals surface area contributed by atoms with Crippen LogP contribution in [-0.2, 0) is 25.7 Å². The monoisotopic (exact) mass is 433 g/mol. The molecule has 0 saturated carbocycles. The molecule has 0 spiro atoms. The molecule has 0 N–H and O–H groups in total. The molecule has 1 fully saturated rings. The molecule has 0 aliphatic carbocycles. The highest BCUT2D eigenvalue weighted by molar-refractivity contribution is 6.31. The van der Waals surface area contributed by atoms with Crippen LogP contribution in [0.1, 0.15) is 47.7 Å². The minimum absolute atomic E-state index is 0.312. The summed E-state index contributed by atoms with van der Waals surface area (Å²) in [7, 11) is 0. The van der Waals surface area contributed by atoms with Crippen LogP contribution in [0.2, 0.25) is 5.02 Å². The zero-order valence-corrected chi connectivity index (χ0v) is 17.3. The largest absolute Gasteiger partial charge is 0.416 e. The van der Waals surface area contributed by atoms with Gasteiger partial charge in [-0.25, -0.2) is 4.98 Å². The van der Waals surface area contributed by atoms with Crippen LogP contribution in [0.15, 0.2) is 36.4 Å². The molecule has 1 saturated heterocycles. The van der Waals surface area contributed by atoms with Gasteiger partial charge in [0.15, 0.2) is 0 Å². The Bertz CT molecular complexity index is 1060. The number of hydrogen-bond acceptors (Lipinski definition) is 2. The van der Waals surface area contributed by atoms with Gasteiger partial charge in [0, 0.05) is 11.6 Å². The smallest absolute Gasteiger partial charge is 0.327 e. The van der Waals surface area contributed by atoms with Crippen molar-refractivity contribution in [3.05, 3.63) is 63.9 Å². The van der Waals surface area contributed by atoms with Crippen molar-refractivity contribution < 1.29 is 13.2 Å². The number of piperidine rings is 1. The van der Waals surface area contributed by atoms with Crippen LogP contribution >= 0.6 is 11.6 Å². The molecule has 0 atom stereocenters. The molecule has 5 rings (SSSR count). The Morgan fingerprint density at radius 2 is 1.77 bits per heavy atom. The normalized spacial score (nSPS) is 18.3. The van der Waals surface area contributed by atoms with Crippen molar-refractivity contribution in [2.45, 2.75) is 50.9 Å². The predicted molar refractivity (Wildman–Crippen MR) is 112 cm³/mol. The van der Waals surface area contributed by atoms with Crippen molar-refractivity contribution in [2.24, 2.45) is 0 Å². The zero-order chi connectivity index (χ0) is 20.9. The van der Waals surface area contributed by atoms with Gasteiger partial charge in [0.25, 0.3) is 0 Å². The summed E-state index contributed by atoms with van der Waals surface area (Å²) in [4.78, 5) is 7.28. The number of imidazole rings is 1. The lowest BCUT2D eigenvalue weighted by Crippen LogP contribution is -2.33. The van der Waals surface area contributed by atoms with Crippen molar-refractivity contribution in [1.82, 2.24) is 14.5 Å². The first-order valence-electron chi connectivity index (χ1n) is 10.5. The molecule has 3 heterocycles. The summed E-state index contributed by atoms with van der Waals surface area (Å²) in [5.74, 6) is 1.40. The molecule has 1 aromatic heterocycles. The van der Waals surface area contributed by atoms with Crippen LogP contribution in [0.4, 0.5) is 13.2 Å². The van der Waals surface area contributed by atoms with Gasteiger partial charge in [-0.3, -0.25) is 4.90 Å². The lowest BCUT2D eigenvalue weighted by Gasteiger charge is -2.32. The number of halogens is 4. The lowest BCUT2D eigenvalue weighted by molar-refractivity contribution is -0.137. The number of likely N-dealkylation sites (tertiary alicyclic amines) is 1. The fourth-order valence-electron chi connectivity index (χ4n) is 4.91. The van der Waals surface area contributed by atoms with Crippen molar-refractivity contribution in [3.8, 4) is 0 Å². The van der Waals surface area contributed by atoms with E-state index < -0.39 is 11.7 Å². The number of hydrogen-bond donors (Lipinski definition) is 0. The molecule has 3 nitrogen and oxygen atoms in total. The van der Waals surface area contributed by atoms with Gasteiger partial charge in [-0.15, -0.1) is 0 Å². The summed E-state index contributed by atoms with van der Waals surface area (Å²) in [6.45, 7) is 3.62. The van der Waals surface area contributed by atoms with Crippen LogP contribution in [0.5, 0.6) is 0 Å². The van der Waals surface area contributed by atoms with Crippen LogP contribution in [0.25, 0.3) is 11.0 Å². The molecule has 2 aliphatic rings. The second-order valence-corrected chi connectivity index (χ2v) is 8.82. The van der Waals surface area contributed by atoms with Gasteiger partial charge in [-0.1, -0.05) is 23.7 Å². The second-order valence-electron chi connectivity index (χ2n) is 8.39. The minimum atomic E-state index is -4.28. The average Bonchev–Trinajstić information content (AvgIpc) is 3.06. The molecule has 7 heteroatoms. The second kappa shape index (κ2) is 7.57. The van der Waals surface area contributed by atoms with Crippen molar-refractivity contribution >= 4 is 22.6 Å². The number of rotatable bonds is 3. The fourth-order valence-corrected chi connectivity index (χ4v) is 5.15. The molecule has 2 aliphatic heterocycles. The maximum absolute atomic E-state index is 12.8. The number of aromatic nitrogens is 2. The third kappa shape index (κ3) is 3.71. The SMILES string of the molecule is FC(F)(F)c1ccc(C2CCN(Cc3nc4cc(Cl)cc5c4n3CCC5)CC2)cc1. The molecular weight excluding hydrogens is 411 g/mol. The maximum atomic E-state index is 12.8. The first-order chi connectivity index (χ1) is 14.4. The number of aryl methyl sites for hydroxylation is 2. The van der Waals surface area contributed by atoms with Crippen molar-refractivity contribution in [2.75, 3.05) is 13.1 Å². The zero-order valence-electron chi connectivity index (χ0n) is 16.6. The summed E-state index contributed by atoms with van der Waals surface area (Å²) in [5, 5.41) is 0.743. The lowest BCUT2D eigenvalue weighted by atomic mass is 9.89. The van der Waals surface area contributed by atoms with E-state index in [9.17, 15) is 13.2 Å². The van der Waals surface area contributed by atoms with E-state index in [1.165, 1.54) is 23.2 Å². The summed E-state index contributed by atoms with van der Waals surface area (Å²) < 4.78 is 40.7. The summed E-state index contributed by atoms with van der Waals surface area (Å²) in [6, 6.07) is 9.68. The quantitative estimate of drug-likeness (QED) is 0.502. The molecule has 3 aromatic rings. The first kappa shape index (κ1) is 19.9. The van der Waals surface area contributed by atoms with Gasteiger partial charge in [-0.05, 0) is 80.1 Å². The van der Waals surface area contributed by atoms with Crippen LogP contribution in [-0.4, -0.2) is 27.5 Å². The molecule has 2 aromatic carbocycles. The molecule has 0 amide bonds. The Kier molecular flexibility index (Phi) is 5.02. The van der Waals surface area contributed by atoms with Crippen molar-refractivity contribution in [3.63, 3.8) is 0 Å². The fraction of sp³-hybridized carbons (Fsp3) is 0.435. The Morgan fingerprint density at radius 1 is 1.03 bits per heavy atom. The third-order valence-electron chi connectivity index (χ3n) is 6.45. The molecule has 30 heavy (non-hydrogen) atoms. The van der Waals surface area contributed by atoms with Gasteiger partial charge < -0.3 is 4.57 Å². The summed E-state index contributed by atoms with van der Waals surface area (Å²) in [5.41, 5.74) is 3.91. The van der Waals surface area contributed by atoms with Gasteiger partial charge in [0.2, 0.25) is 0 Å². The van der Waals surface area contributed by atoms with E-state index in [4.69, 9.17) is 16.6 Å². The van der Waals surface area contributed by atoms with Gasteiger partial charge in [0.1, 0.15) is 5.82 Å². The number of benzene rings is 2. The standard InChI is InChI=1S/C23H23ClF3N3/c24-19-12-17-2-1-9-30-21(28-20(13-19)22(17)30)14-29-10-7-16(8-11-29)15-3-5-18(6-4-15)23(25,26)27/h3-6,12-13,16H,1-2,7-11,14H2. The molecule has 0 bridgehead atoms. The number of alkyl halides is 3. The molecule has 158 valence electrons. The highest BCUT2D eigenvalue weighted by atomic mass is 35.5. The minimum Gasteiger partial charge on any atom is -0.327 e. The van der Waals surface area contributed by atoms with E-state index in [1.54, 1.807) is 12.1 Å². The van der Waals surface area contributed by atoms with Crippen LogP contribution < -0.4 is 0 Å². The van der Waals surface area contributed by atoms with Crippen molar-refractivity contribution in [1.29, 1.82) is 0 Å². The van der Waals surface area contributed by atoms with E-state index in [0.29, 0.717) is 5.92 Å². The highest BCUT2D eigenvalue weighted by Crippen LogP contribution is 2.34. The topological polar surface area (TPSA) is 21.1 Å². The van der Waals surface area contributed by atoms with E-state index in [-0.39, 0.29) is 0 Å². The Hall–Kier alpha value is -2.05. The van der Waals surface area contributed by atoms with E-state index in [1.807, 2.05) is 6.07 Å². The number of nitrogens with zero attached hydrogens (tertiary/aromatic N) is 3. The molecule has 0 unspecified atom stereocenters. The van der Waals surface area contributed by atoms with E-state index >= 15 is 0 Å². The summed E-state index contributed by atoms with van der Waals surface area (Å²) >= 11 is 6.27. The highest BCUT2D eigenvalue weighted by Gasteiger charge is 2.31. The van der Waals surface area contributed by atoms with Gasteiger partial charge in [-0.2, -0.15) is 13.2 Å². The van der Waals surface area contributed by atoms with E-state index in [0.717, 1.165) is 73.8 Å². The maximum Gasteiger partial charge on any atom is 0.416 e. The van der Waals surface area contributed by atoms with E-state index in [2.05, 4.69) is 15.5 Å². The summed E-state index contributed by atoms with van der Waals surface area (Å²) in [6.07, 6.45) is -0.242. The van der Waals surface area contributed by atoms with Crippen LogP contribution in [0, 0.1) is 0 Å². The van der Waals surface area contributed by atoms with Gasteiger partial charge >= 0.3 is 6.18 Å². The Balaban J connectivity index is 1.28. The average molecular weight is 434 g/mol. The van der Waals surface area contributed by atoms with Gasteiger partial charge in [0.05, 0.1) is 23.1 Å². The molecule has 0 radical (unpaired) electrons. The first-order valence-corrected chi connectivity index (χ1v) is 10.8. The third-order valence-corrected chi connectivity index (χ3v) is 6.67. The Labute approximate surface area is 178 Å². The molecular formula is C23H23ClF3N3. The Morgan fingerprint density at radius 3 is 2.47 bits per heavy atom.